The summed E-state index contributed by atoms with van der Waals surface area (Å²) in [4.78, 5) is -0.243. The highest BCUT2D eigenvalue weighted by Crippen LogP contribution is 2.39. The summed E-state index contributed by atoms with van der Waals surface area (Å²) in [6, 6.07) is 4.24. The van der Waals surface area contributed by atoms with E-state index in [9.17, 15) is 12.8 Å². The van der Waals surface area contributed by atoms with E-state index in [0.717, 1.165) is 19.3 Å². The molecule has 6 heteroatoms. The van der Waals surface area contributed by atoms with E-state index in [1.165, 1.54) is 12.1 Å². The molecule has 1 aliphatic carbocycles. The molecule has 2 fully saturated rings. The van der Waals surface area contributed by atoms with Gasteiger partial charge in [-0.2, -0.15) is 0 Å². The van der Waals surface area contributed by atoms with E-state index in [1.54, 1.807) is 6.07 Å². The average Bonchev–Trinajstić information content (AvgIpc) is 2.22. The Balaban J connectivity index is 1.96. The van der Waals surface area contributed by atoms with Gasteiger partial charge in [0.15, 0.2) is 9.84 Å². The molecule has 19 heavy (non-hydrogen) atoms. The molecular formula is C13H16FNO3S. The fraction of sp³-hybridized carbons (Fsp3) is 0.538. The first-order chi connectivity index (χ1) is 8.93. The van der Waals surface area contributed by atoms with Gasteiger partial charge in [-0.3, -0.25) is 0 Å². The standard InChI is InChI=1S/C13H16FNO3S/c14-11-6-9(13(15)4-1-5-13)2-3-12(11)19(16,17)10-7-18-8-10/h2-3,6,10H,1,4-5,7-8,15H2. The first kappa shape index (κ1) is 13.0. The van der Waals surface area contributed by atoms with Crippen LogP contribution in [0.4, 0.5) is 4.39 Å². The van der Waals surface area contributed by atoms with Crippen molar-refractivity contribution in [1.82, 2.24) is 0 Å². The Morgan fingerprint density at radius 1 is 1.32 bits per heavy atom. The topological polar surface area (TPSA) is 69.4 Å². The van der Waals surface area contributed by atoms with Gasteiger partial charge in [0.1, 0.15) is 16.0 Å². The Labute approximate surface area is 111 Å². The molecule has 104 valence electrons. The quantitative estimate of drug-likeness (QED) is 0.910. The lowest BCUT2D eigenvalue weighted by Gasteiger charge is -2.38. The molecule has 1 aromatic rings. The molecule has 1 saturated heterocycles. The van der Waals surface area contributed by atoms with E-state index >= 15 is 0 Å². The molecule has 3 rings (SSSR count). The Morgan fingerprint density at radius 2 is 2.00 bits per heavy atom. The third-order valence-corrected chi connectivity index (χ3v) is 6.20. The van der Waals surface area contributed by atoms with E-state index in [2.05, 4.69) is 0 Å². The lowest BCUT2D eigenvalue weighted by atomic mass is 9.73. The van der Waals surface area contributed by atoms with E-state index < -0.39 is 26.4 Å². The van der Waals surface area contributed by atoms with Crippen LogP contribution in [-0.2, 0) is 20.1 Å². The molecule has 0 amide bonds. The van der Waals surface area contributed by atoms with Gasteiger partial charge in [-0.15, -0.1) is 0 Å². The summed E-state index contributed by atoms with van der Waals surface area (Å²) in [6.07, 6.45) is 2.65. The summed E-state index contributed by atoms with van der Waals surface area (Å²) in [6.45, 7) is 0.286. The van der Waals surface area contributed by atoms with E-state index in [4.69, 9.17) is 10.5 Å². The minimum absolute atomic E-state index is 0.143. The minimum atomic E-state index is -3.62. The van der Waals surface area contributed by atoms with Gasteiger partial charge in [0, 0.05) is 5.54 Å². The molecule has 0 aromatic heterocycles. The highest BCUT2D eigenvalue weighted by Gasteiger charge is 2.38. The highest BCUT2D eigenvalue weighted by atomic mass is 32.2. The van der Waals surface area contributed by atoms with E-state index in [0.29, 0.717) is 5.56 Å². The van der Waals surface area contributed by atoms with Gasteiger partial charge in [0.05, 0.1) is 13.2 Å². The number of halogens is 1. The van der Waals surface area contributed by atoms with Crippen LogP contribution in [-0.4, -0.2) is 26.9 Å². The molecule has 1 saturated carbocycles. The van der Waals surface area contributed by atoms with Crippen LogP contribution in [0.1, 0.15) is 24.8 Å². The number of rotatable bonds is 3. The SMILES string of the molecule is NC1(c2ccc(S(=O)(=O)C3COC3)c(F)c2)CCC1. The van der Waals surface area contributed by atoms with Crippen molar-refractivity contribution in [3.8, 4) is 0 Å². The van der Waals surface area contributed by atoms with Gasteiger partial charge in [0.25, 0.3) is 0 Å². The maximum atomic E-state index is 14.1. The predicted octanol–water partition coefficient (Wildman–Crippen LogP) is 1.34. The molecule has 1 aliphatic heterocycles. The largest absolute Gasteiger partial charge is 0.379 e. The van der Waals surface area contributed by atoms with Crippen LogP contribution in [0.15, 0.2) is 23.1 Å². The van der Waals surface area contributed by atoms with Gasteiger partial charge in [-0.1, -0.05) is 6.07 Å². The second-order valence-electron chi connectivity index (χ2n) is 5.36. The summed E-state index contributed by atoms with van der Waals surface area (Å²) in [5, 5.41) is -0.622. The Morgan fingerprint density at radius 3 is 2.42 bits per heavy atom. The second kappa shape index (κ2) is 4.26. The van der Waals surface area contributed by atoms with Gasteiger partial charge < -0.3 is 10.5 Å². The lowest BCUT2D eigenvalue weighted by Crippen LogP contribution is -2.43. The molecule has 2 aliphatic rings. The Hall–Kier alpha value is -0.980. The molecular weight excluding hydrogens is 269 g/mol. The first-order valence-corrected chi connectivity index (χ1v) is 7.89. The van der Waals surface area contributed by atoms with Crippen molar-refractivity contribution in [3.05, 3.63) is 29.6 Å². The number of benzene rings is 1. The first-order valence-electron chi connectivity index (χ1n) is 6.34. The van der Waals surface area contributed by atoms with Crippen molar-refractivity contribution >= 4 is 9.84 Å². The van der Waals surface area contributed by atoms with Crippen LogP contribution in [0.2, 0.25) is 0 Å². The van der Waals surface area contributed by atoms with E-state index in [1.807, 2.05) is 0 Å². The molecule has 0 radical (unpaired) electrons. The molecule has 1 aromatic carbocycles. The monoisotopic (exact) mass is 285 g/mol. The zero-order chi connectivity index (χ0) is 13.7. The van der Waals surface area contributed by atoms with Crippen LogP contribution in [0.25, 0.3) is 0 Å². The molecule has 2 N–H and O–H groups in total. The average molecular weight is 285 g/mol. The molecule has 0 unspecified atom stereocenters. The number of nitrogens with two attached hydrogens (primary N) is 1. The summed E-state index contributed by atoms with van der Waals surface area (Å²) in [5.74, 6) is -0.707. The summed E-state index contributed by atoms with van der Waals surface area (Å²) in [5.41, 5.74) is 6.31. The zero-order valence-corrected chi connectivity index (χ0v) is 11.2. The van der Waals surface area contributed by atoms with Gasteiger partial charge in [-0.25, -0.2) is 12.8 Å². The van der Waals surface area contributed by atoms with Crippen molar-refractivity contribution in [1.29, 1.82) is 0 Å². The fourth-order valence-corrected chi connectivity index (χ4v) is 3.96. The molecule has 4 nitrogen and oxygen atoms in total. The van der Waals surface area contributed by atoms with Crippen LogP contribution in [0.3, 0.4) is 0 Å². The van der Waals surface area contributed by atoms with Gasteiger partial charge in [0.2, 0.25) is 0 Å². The highest BCUT2D eigenvalue weighted by molar-refractivity contribution is 7.92. The van der Waals surface area contributed by atoms with Crippen LogP contribution < -0.4 is 5.73 Å². The van der Waals surface area contributed by atoms with Crippen molar-refractivity contribution in [2.24, 2.45) is 5.73 Å². The normalized spacial score (nSPS) is 22.6. The smallest absolute Gasteiger partial charge is 0.188 e. The molecule has 0 atom stereocenters. The predicted molar refractivity (Wildman–Crippen MR) is 67.9 cm³/mol. The van der Waals surface area contributed by atoms with Crippen molar-refractivity contribution < 1.29 is 17.5 Å². The Kier molecular flexibility index (Phi) is 2.92. The fourth-order valence-electron chi connectivity index (χ4n) is 2.46. The Bertz CT molecular complexity index is 606. The van der Waals surface area contributed by atoms with Crippen molar-refractivity contribution in [2.45, 2.75) is 34.9 Å². The van der Waals surface area contributed by atoms with Gasteiger partial charge in [-0.05, 0) is 37.0 Å². The summed E-state index contributed by atoms with van der Waals surface area (Å²) < 4.78 is 43.2. The number of hydrogen-bond acceptors (Lipinski definition) is 4. The van der Waals surface area contributed by atoms with E-state index in [-0.39, 0.29) is 18.1 Å². The van der Waals surface area contributed by atoms with Crippen LogP contribution >= 0.6 is 0 Å². The summed E-state index contributed by atoms with van der Waals surface area (Å²) >= 11 is 0. The molecule has 1 heterocycles. The molecule has 0 bridgehead atoms. The minimum Gasteiger partial charge on any atom is -0.379 e. The van der Waals surface area contributed by atoms with Crippen LogP contribution in [0.5, 0.6) is 0 Å². The van der Waals surface area contributed by atoms with Crippen LogP contribution in [0, 0.1) is 5.82 Å². The number of sulfone groups is 1. The summed E-state index contributed by atoms with van der Waals surface area (Å²) in [7, 11) is -3.62. The number of hydrogen-bond donors (Lipinski definition) is 1. The van der Waals surface area contributed by atoms with Gasteiger partial charge >= 0.3 is 0 Å². The second-order valence-corrected chi connectivity index (χ2v) is 7.56. The maximum absolute atomic E-state index is 14.1. The zero-order valence-electron chi connectivity index (χ0n) is 10.4. The molecule has 0 spiro atoms. The van der Waals surface area contributed by atoms with Crippen molar-refractivity contribution in [3.63, 3.8) is 0 Å². The maximum Gasteiger partial charge on any atom is 0.188 e. The number of ether oxygens (including phenoxy) is 1. The van der Waals surface area contributed by atoms with Crippen molar-refractivity contribution in [2.75, 3.05) is 13.2 Å². The lowest BCUT2D eigenvalue weighted by molar-refractivity contribution is 0.0415. The third-order valence-electron chi connectivity index (χ3n) is 4.11. The third kappa shape index (κ3) is 1.98.